The number of halogens is 1. The largest absolute Gasteiger partial charge is 0.497 e. The summed E-state index contributed by atoms with van der Waals surface area (Å²) in [6, 6.07) is 26.3. The first kappa shape index (κ1) is 20.4. The molecular formula is C23H23ClN4O. The lowest BCUT2D eigenvalue weighted by molar-refractivity contribution is 0.414. The van der Waals surface area contributed by atoms with Gasteiger partial charge in [-0.3, -0.25) is 0 Å². The van der Waals surface area contributed by atoms with Gasteiger partial charge in [0.15, 0.2) is 0 Å². The Bertz CT molecular complexity index is 1060. The van der Waals surface area contributed by atoms with E-state index in [1.807, 2.05) is 66.7 Å². The molecule has 0 atom stereocenters. The van der Waals surface area contributed by atoms with Gasteiger partial charge < -0.3 is 15.4 Å². The molecule has 0 bridgehead atoms. The van der Waals surface area contributed by atoms with Gasteiger partial charge in [-0.1, -0.05) is 54.6 Å². The van der Waals surface area contributed by atoms with E-state index in [1.54, 1.807) is 7.11 Å². The van der Waals surface area contributed by atoms with E-state index < -0.39 is 0 Å². The highest BCUT2D eigenvalue weighted by Crippen LogP contribution is 2.23. The summed E-state index contributed by atoms with van der Waals surface area (Å²) >= 11 is 0. The van der Waals surface area contributed by atoms with E-state index >= 15 is 0 Å². The van der Waals surface area contributed by atoms with Crippen LogP contribution in [-0.4, -0.2) is 17.1 Å². The predicted octanol–water partition coefficient (Wildman–Crippen LogP) is 5.28. The van der Waals surface area contributed by atoms with Crippen molar-refractivity contribution in [1.29, 1.82) is 0 Å². The van der Waals surface area contributed by atoms with Crippen molar-refractivity contribution in [3.63, 3.8) is 0 Å². The number of fused-ring (bicyclic) bond motifs is 1. The van der Waals surface area contributed by atoms with Crippen LogP contribution in [0.5, 0.6) is 5.75 Å². The van der Waals surface area contributed by atoms with E-state index in [0.29, 0.717) is 19.0 Å². The lowest BCUT2D eigenvalue weighted by atomic mass is 10.2. The molecule has 0 aliphatic heterocycles. The van der Waals surface area contributed by atoms with E-state index in [1.165, 1.54) is 5.56 Å². The van der Waals surface area contributed by atoms with Gasteiger partial charge in [0.2, 0.25) is 5.95 Å². The highest BCUT2D eigenvalue weighted by atomic mass is 35.5. The number of rotatable bonds is 7. The quantitative estimate of drug-likeness (QED) is 0.437. The van der Waals surface area contributed by atoms with Crippen LogP contribution in [0.2, 0.25) is 0 Å². The number of anilines is 2. The molecule has 0 saturated heterocycles. The smallest absolute Gasteiger partial charge is 0.225 e. The van der Waals surface area contributed by atoms with Gasteiger partial charge in [-0.05, 0) is 35.4 Å². The summed E-state index contributed by atoms with van der Waals surface area (Å²) in [6.07, 6.45) is 0. The molecule has 4 rings (SSSR count). The zero-order valence-electron chi connectivity index (χ0n) is 16.1. The van der Waals surface area contributed by atoms with Gasteiger partial charge in [0.05, 0.1) is 12.6 Å². The fraction of sp³-hybridized carbons (Fsp3) is 0.130. The monoisotopic (exact) mass is 406 g/mol. The van der Waals surface area contributed by atoms with Crippen LogP contribution in [0.1, 0.15) is 11.1 Å². The fourth-order valence-electron chi connectivity index (χ4n) is 3.00. The van der Waals surface area contributed by atoms with Gasteiger partial charge >= 0.3 is 0 Å². The van der Waals surface area contributed by atoms with Gasteiger partial charge in [-0.2, -0.15) is 4.98 Å². The van der Waals surface area contributed by atoms with Gasteiger partial charge in [-0.25, -0.2) is 4.98 Å². The summed E-state index contributed by atoms with van der Waals surface area (Å²) < 4.78 is 5.21. The molecular weight excluding hydrogens is 384 g/mol. The van der Waals surface area contributed by atoms with Crippen LogP contribution in [0, 0.1) is 0 Å². The normalized spacial score (nSPS) is 10.2. The first-order chi connectivity index (χ1) is 13.8. The maximum Gasteiger partial charge on any atom is 0.225 e. The molecule has 1 aromatic heterocycles. The Morgan fingerprint density at radius 2 is 1.38 bits per heavy atom. The van der Waals surface area contributed by atoms with Crippen molar-refractivity contribution in [3.8, 4) is 5.75 Å². The van der Waals surface area contributed by atoms with E-state index in [2.05, 4.69) is 27.8 Å². The maximum absolute atomic E-state index is 5.21. The van der Waals surface area contributed by atoms with E-state index in [0.717, 1.165) is 28.0 Å². The molecule has 0 spiro atoms. The third kappa shape index (κ3) is 5.15. The fourth-order valence-corrected chi connectivity index (χ4v) is 3.00. The predicted molar refractivity (Wildman–Crippen MR) is 121 cm³/mol. The summed E-state index contributed by atoms with van der Waals surface area (Å²) in [5, 5.41) is 7.78. The minimum Gasteiger partial charge on any atom is -0.497 e. The van der Waals surface area contributed by atoms with Crippen molar-refractivity contribution in [1.82, 2.24) is 9.97 Å². The second-order valence-electron chi connectivity index (χ2n) is 6.45. The molecule has 29 heavy (non-hydrogen) atoms. The molecule has 0 amide bonds. The Kier molecular flexibility index (Phi) is 6.87. The summed E-state index contributed by atoms with van der Waals surface area (Å²) in [5.41, 5.74) is 3.25. The second-order valence-corrected chi connectivity index (χ2v) is 6.45. The van der Waals surface area contributed by atoms with Crippen LogP contribution in [0.15, 0.2) is 78.9 Å². The molecule has 0 aliphatic rings. The molecule has 5 nitrogen and oxygen atoms in total. The molecule has 4 aromatic rings. The molecule has 1 heterocycles. The first-order valence-electron chi connectivity index (χ1n) is 9.23. The van der Waals surface area contributed by atoms with Crippen LogP contribution in [0.25, 0.3) is 10.9 Å². The third-order valence-corrected chi connectivity index (χ3v) is 4.52. The standard InChI is InChI=1S/C23H22N4O.ClH/c1-28-19-13-11-18(12-14-19)16-25-23-26-21-10-6-5-9-20(21)22(27-23)24-15-17-7-3-2-4-8-17;/h2-14H,15-16H2,1H3,(H2,24,25,26,27);1H. The molecule has 0 fully saturated rings. The molecule has 0 radical (unpaired) electrons. The molecule has 3 aromatic carbocycles. The number of aromatic nitrogens is 2. The highest BCUT2D eigenvalue weighted by molar-refractivity contribution is 5.90. The van der Waals surface area contributed by atoms with Crippen molar-refractivity contribution in [3.05, 3.63) is 90.0 Å². The van der Waals surface area contributed by atoms with Crippen LogP contribution in [-0.2, 0) is 13.1 Å². The number of methoxy groups -OCH3 is 1. The summed E-state index contributed by atoms with van der Waals surface area (Å²) in [6.45, 7) is 1.35. The summed E-state index contributed by atoms with van der Waals surface area (Å²) in [5.74, 6) is 2.27. The van der Waals surface area contributed by atoms with Crippen LogP contribution >= 0.6 is 12.4 Å². The van der Waals surface area contributed by atoms with Gasteiger partial charge in [-0.15, -0.1) is 12.4 Å². The third-order valence-electron chi connectivity index (χ3n) is 4.52. The number of hydrogen-bond donors (Lipinski definition) is 2. The minimum atomic E-state index is 0. The molecule has 0 aliphatic carbocycles. The molecule has 6 heteroatoms. The maximum atomic E-state index is 5.21. The Labute approximate surface area is 176 Å². The van der Waals surface area contributed by atoms with E-state index in [-0.39, 0.29) is 12.4 Å². The summed E-state index contributed by atoms with van der Waals surface area (Å²) in [4.78, 5) is 9.36. The molecule has 2 N–H and O–H groups in total. The van der Waals surface area contributed by atoms with Gasteiger partial charge in [0.25, 0.3) is 0 Å². The number of nitrogens with one attached hydrogen (secondary N) is 2. The van der Waals surface area contributed by atoms with Crippen LogP contribution in [0.4, 0.5) is 11.8 Å². The molecule has 148 valence electrons. The number of benzene rings is 3. The number of para-hydroxylation sites is 1. The van der Waals surface area contributed by atoms with Gasteiger partial charge in [0, 0.05) is 18.5 Å². The number of hydrogen-bond acceptors (Lipinski definition) is 5. The van der Waals surface area contributed by atoms with E-state index in [4.69, 9.17) is 9.72 Å². The SMILES string of the molecule is COc1ccc(CNc2nc(NCc3ccccc3)c3ccccc3n2)cc1.Cl. The number of ether oxygens (including phenoxy) is 1. The first-order valence-corrected chi connectivity index (χ1v) is 9.23. The topological polar surface area (TPSA) is 59.1 Å². The van der Waals surface area contributed by atoms with E-state index in [9.17, 15) is 0 Å². The Morgan fingerprint density at radius 1 is 0.724 bits per heavy atom. The van der Waals surface area contributed by atoms with Crippen molar-refractivity contribution in [2.45, 2.75) is 13.1 Å². The minimum absolute atomic E-state index is 0. The summed E-state index contributed by atoms with van der Waals surface area (Å²) in [7, 11) is 1.67. The number of nitrogens with zero attached hydrogens (tertiary/aromatic N) is 2. The Balaban J connectivity index is 0.00000240. The van der Waals surface area contributed by atoms with Crippen molar-refractivity contribution in [2.24, 2.45) is 0 Å². The Morgan fingerprint density at radius 3 is 2.14 bits per heavy atom. The van der Waals surface area contributed by atoms with Crippen molar-refractivity contribution < 1.29 is 4.74 Å². The zero-order chi connectivity index (χ0) is 19.2. The second kappa shape index (κ2) is 9.75. The van der Waals surface area contributed by atoms with Gasteiger partial charge in [0.1, 0.15) is 11.6 Å². The van der Waals surface area contributed by atoms with Crippen molar-refractivity contribution >= 4 is 35.1 Å². The average molecular weight is 407 g/mol. The average Bonchev–Trinajstić information content (AvgIpc) is 2.77. The van der Waals surface area contributed by atoms with Crippen molar-refractivity contribution in [2.75, 3.05) is 17.7 Å². The lowest BCUT2D eigenvalue weighted by Gasteiger charge is -2.12. The van der Waals surface area contributed by atoms with Crippen LogP contribution in [0.3, 0.4) is 0 Å². The Hall–Kier alpha value is -3.31. The zero-order valence-corrected chi connectivity index (χ0v) is 16.9. The highest BCUT2D eigenvalue weighted by Gasteiger charge is 2.07. The van der Waals surface area contributed by atoms with Crippen LogP contribution < -0.4 is 15.4 Å². The molecule has 0 saturated carbocycles. The lowest BCUT2D eigenvalue weighted by Crippen LogP contribution is -2.08. The molecule has 0 unspecified atom stereocenters.